The van der Waals surface area contributed by atoms with Crippen LogP contribution in [-0.2, 0) is 15.7 Å². The number of carbonyl (C=O) groups excluding carboxylic acids is 1. The molecule has 1 saturated heterocycles. The number of aromatic nitrogens is 1. The summed E-state index contributed by atoms with van der Waals surface area (Å²) in [7, 11) is 0. The second-order valence-corrected chi connectivity index (χ2v) is 6.39. The topological polar surface area (TPSA) is 42.4 Å². The van der Waals surface area contributed by atoms with Crippen molar-refractivity contribution in [2.45, 2.75) is 51.4 Å². The van der Waals surface area contributed by atoms with Gasteiger partial charge >= 0.3 is 12.1 Å². The standard InChI is InChI=1S/C15H18F4N2O2/c1-14(2,3)23-13(22)10-5-4-8-21(10)11-7-6-9(12(16)20-11)15(17,18)19/h6-7,10H,4-5,8H2,1-3H3. The molecule has 128 valence electrons. The maximum atomic E-state index is 13.6. The Kier molecular flexibility index (Phi) is 4.54. The number of hydrogen-bond donors (Lipinski definition) is 0. The molecule has 23 heavy (non-hydrogen) atoms. The Hall–Kier alpha value is -1.86. The molecule has 0 saturated carbocycles. The Balaban J connectivity index is 2.24. The molecule has 1 atom stereocenters. The minimum absolute atomic E-state index is 0.00357. The van der Waals surface area contributed by atoms with Gasteiger partial charge in [-0.15, -0.1) is 0 Å². The Morgan fingerprint density at radius 2 is 1.96 bits per heavy atom. The minimum Gasteiger partial charge on any atom is -0.458 e. The molecule has 8 heteroatoms. The van der Waals surface area contributed by atoms with Crippen LogP contribution in [0.1, 0.15) is 39.2 Å². The minimum atomic E-state index is -4.80. The summed E-state index contributed by atoms with van der Waals surface area (Å²) in [6.07, 6.45) is -3.67. The number of anilines is 1. The van der Waals surface area contributed by atoms with E-state index in [9.17, 15) is 22.4 Å². The molecule has 0 bridgehead atoms. The molecule has 0 aliphatic carbocycles. The van der Waals surface area contributed by atoms with Gasteiger partial charge in [0.1, 0.15) is 23.0 Å². The van der Waals surface area contributed by atoms with Crippen LogP contribution >= 0.6 is 0 Å². The van der Waals surface area contributed by atoms with E-state index in [0.29, 0.717) is 25.5 Å². The second kappa shape index (κ2) is 5.98. The number of ether oxygens (including phenoxy) is 1. The number of halogens is 4. The summed E-state index contributed by atoms with van der Waals surface area (Å²) in [6, 6.07) is 1.05. The molecule has 0 N–H and O–H groups in total. The number of rotatable bonds is 2. The molecule has 1 aliphatic heterocycles. The molecule has 0 amide bonds. The predicted octanol–water partition coefficient (Wildman–Crippen LogP) is 3.55. The van der Waals surface area contributed by atoms with Crippen LogP contribution in [0.5, 0.6) is 0 Å². The molecule has 2 heterocycles. The highest BCUT2D eigenvalue weighted by Crippen LogP contribution is 2.33. The normalized spacial score (nSPS) is 19.1. The van der Waals surface area contributed by atoms with Crippen LogP contribution in [-0.4, -0.2) is 29.1 Å². The summed E-state index contributed by atoms with van der Waals surface area (Å²) in [5, 5.41) is 0. The molecular formula is C15H18F4N2O2. The Bertz CT molecular complexity index is 596. The first-order valence-corrected chi connectivity index (χ1v) is 7.22. The average Bonchev–Trinajstić information content (AvgIpc) is 2.84. The number of pyridine rings is 1. The number of carbonyl (C=O) groups is 1. The van der Waals surface area contributed by atoms with E-state index < -0.39 is 35.3 Å². The van der Waals surface area contributed by atoms with E-state index >= 15 is 0 Å². The largest absolute Gasteiger partial charge is 0.458 e. The molecular weight excluding hydrogens is 316 g/mol. The SMILES string of the molecule is CC(C)(C)OC(=O)C1CCCN1c1ccc(C(F)(F)F)c(F)n1. The van der Waals surface area contributed by atoms with Crippen LogP contribution in [0.15, 0.2) is 12.1 Å². The van der Waals surface area contributed by atoms with Crippen LogP contribution in [0, 0.1) is 5.95 Å². The molecule has 1 aliphatic rings. The van der Waals surface area contributed by atoms with E-state index in [-0.39, 0.29) is 5.82 Å². The van der Waals surface area contributed by atoms with Crippen molar-refractivity contribution in [3.8, 4) is 0 Å². The maximum absolute atomic E-state index is 13.6. The number of nitrogens with zero attached hydrogens (tertiary/aromatic N) is 2. The van der Waals surface area contributed by atoms with Crippen molar-refractivity contribution in [3.63, 3.8) is 0 Å². The molecule has 1 aromatic rings. The third kappa shape index (κ3) is 4.11. The quantitative estimate of drug-likeness (QED) is 0.471. The zero-order valence-corrected chi connectivity index (χ0v) is 13.1. The van der Waals surface area contributed by atoms with Crippen molar-refractivity contribution in [2.75, 3.05) is 11.4 Å². The van der Waals surface area contributed by atoms with E-state index in [2.05, 4.69) is 4.98 Å². The molecule has 1 unspecified atom stereocenters. The lowest BCUT2D eigenvalue weighted by Gasteiger charge is -2.28. The van der Waals surface area contributed by atoms with Crippen molar-refractivity contribution >= 4 is 11.8 Å². The first kappa shape index (κ1) is 17.5. The number of esters is 1. The van der Waals surface area contributed by atoms with Gasteiger partial charge in [0.15, 0.2) is 0 Å². The van der Waals surface area contributed by atoms with Gasteiger partial charge in [-0.25, -0.2) is 9.78 Å². The van der Waals surface area contributed by atoms with Crippen molar-refractivity contribution in [1.82, 2.24) is 4.98 Å². The van der Waals surface area contributed by atoms with Gasteiger partial charge in [0.2, 0.25) is 5.95 Å². The lowest BCUT2D eigenvalue weighted by atomic mass is 10.1. The van der Waals surface area contributed by atoms with Crippen LogP contribution in [0.25, 0.3) is 0 Å². The van der Waals surface area contributed by atoms with Gasteiger partial charge in [-0.1, -0.05) is 0 Å². The van der Waals surface area contributed by atoms with E-state index in [1.54, 1.807) is 20.8 Å². The van der Waals surface area contributed by atoms with Crippen LogP contribution < -0.4 is 4.90 Å². The summed E-state index contributed by atoms with van der Waals surface area (Å²) < 4.78 is 56.7. The van der Waals surface area contributed by atoms with Crippen molar-refractivity contribution in [2.24, 2.45) is 0 Å². The fourth-order valence-electron chi connectivity index (χ4n) is 2.45. The summed E-state index contributed by atoms with van der Waals surface area (Å²) in [4.78, 5) is 17.1. The molecule has 0 radical (unpaired) electrons. The zero-order valence-electron chi connectivity index (χ0n) is 13.1. The van der Waals surface area contributed by atoms with Gasteiger partial charge < -0.3 is 9.64 Å². The van der Waals surface area contributed by atoms with Crippen LogP contribution in [0.2, 0.25) is 0 Å². The Labute approximate surface area is 131 Å². The highest BCUT2D eigenvalue weighted by atomic mass is 19.4. The second-order valence-electron chi connectivity index (χ2n) is 6.39. The van der Waals surface area contributed by atoms with Crippen LogP contribution in [0.3, 0.4) is 0 Å². The van der Waals surface area contributed by atoms with Crippen molar-refractivity contribution in [3.05, 3.63) is 23.6 Å². The Morgan fingerprint density at radius 1 is 1.30 bits per heavy atom. The predicted molar refractivity (Wildman–Crippen MR) is 75.4 cm³/mol. The summed E-state index contributed by atoms with van der Waals surface area (Å²) >= 11 is 0. The first-order valence-electron chi connectivity index (χ1n) is 7.22. The monoisotopic (exact) mass is 334 g/mol. The van der Waals surface area contributed by atoms with E-state index in [1.165, 1.54) is 4.90 Å². The maximum Gasteiger partial charge on any atom is 0.420 e. The van der Waals surface area contributed by atoms with E-state index in [4.69, 9.17) is 4.74 Å². The molecule has 1 aromatic heterocycles. The van der Waals surface area contributed by atoms with Crippen molar-refractivity contribution in [1.29, 1.82) is 0 Å². The van der Waals surface area contributed by atoms with Gasteiger partial charge in [-0.3, -0.25) is 0 Å². The number of hydrogen-bond acceptors (Lipinski definition) is 4. The van der Waals surface area contributed by atoms with E-state index in [1.807, 2.05) is 0 Å². The first-order chi connectivity index (χ1) is 10.5. The summed E-state index contributed by atoms with van der Waals surface area (Å²) in [6.45, 7) is 5.57. The molecule has 1 fully saturated rings. The lowest BCUT2D eigenvalue weighted by Crippen LogP contribution is -2.41. The number of alkyl halides is 3. The summed E-state index contributed by atoms with van der Waals surface area (Å²) in [5.74, 6) is -2.08. The van der Waals surface area contributed by atoms with Gasteiger partial charge in [0.25, 0.3) is 0 Å². The Morgan fingerprint density at radius 3 is 2.48 bits per heavy atom. The van der Waals surface area contributed by atoms with Gasteiger partial charge in [0.05, 0.1) is 0 Å². The smallest absolute Gasteiger partial charge is 0.420 e. The van der Waals surface area contributed by atoms with E-state index in [0.717, 1.165) is 6.07 Å². The molecule has 2 rings (SSSR count). The third-order valence-electron chi connectivity index (χ3n) is 3.37. The molecule has 4 nitrogen and oxygen atoms in total. The van der Waals surface area contributed by atoms with Gasteiger partial charge in [-0.05, 0) is 45.7 Å². The fourth-order valence-corrected chi connectivity index (χ4v) is 2.45. The fraction of sp³-hybridized carbons (Fsp3) is 0.600. The lowest BCUT2D eigenvalue weighted by molar-refractivity contribution is -0.156. The third-order valence-corrected chi connectivity index (χ3v) is 3.37. The summed E-state index contributed by atoms with van der Waals surface area (Å²) in [5.41, 5.74) is -2.10. The molecule has 0 spiro atoms. The highest BCUT2D eigenvalue weighted by molar-refractivity contribution is 5.80. The van der Waals surface area contributed by atoms with Gasteiger partial charge in [0, 0.05) is 6.54 Å². The van der Waals surface area contributed by atoms with Crippen molar-refractivity contribution < 1.29 is 27.1 Å². The highest BCUT2D eigenvalue weighted by Gasteiger charge is 2.38. The van der Waals surface area contributed by atoms with Crippen LogP contribution in [0.4, 0.5) is 23.4 Å². The molecule has 0 aromatic carbocycles. The zero-order chi connectivity index (χ0) is 17.4. The average molecular weight is 334 g/mol. The van der Waals surface area contributed by atoms with Gasteiger partial charge in [-0.2, -0.15) is 17.6 Å².